The Morgan fingerprint density at radius 1 is 1.40 bits per heavy atom. The number of carbonyl (C=O) groups excluding carboxylic acids is 1. The second-order valence-corrected chi connectivity index (χ2v) is 6.13. The van der Waals surface area contributed by atoms with E-state index in [0.717, 1.165) is 0 Å². The molecule has 0 bridgehead atoms. The summed E-state index contributed by atoms with van der Waals surface area (Å²) in [4.78, 5) is 12.0. The molecule has 7 heteroatoms. The Morgan fingerprint density at radius 2 is 2.10 bits per heavy atom. The van der Waals surface area contributed by atoms with E-state index in [0.29, 0.717) is 0 Å². The summed E-state index contributed by atoms with van der Waals surface area (Å²) < 4.78 is 22.1. The number of carbonyl (C=O) groups is 1. The zero-order chi connectivity index (χ0) is 15.0. The summed E-state index contributed by atoms with van der Waals surface area (Å²) >= 11 is 1.18. The Bertz CT molecular complexity index is 374. The van der Waals surface area contributed by atoms with E-state index in [9.17, 15) is 9.90 Å². The van der Waals surface area contributed by atoms with Crippen molar-refractivity contribution in [1.29, 1.82) is 0 Å². The third-order valence-corrected chi connectivity index (χ3v) is 3.98. The summed E-state index contributed by atoms with van der Waals surface area (Å²) in [6.07, 6.45) is 1.01. The highest BCUT2D eigenvalue weighted by molar-refractivity contribution is 7.93. The molecule has 1 aliphatic carbocycles. The largest absolute Gasteiger partial charge is 0.464 e. The first-order chi connectivity index (χ1) is 9.31. The highest BCUT2D eigenvalue weighted by atomic mass is 32.2. The second-order valence-electron chi connectivity index (χ2n) is 5.60. The van der Waals surface area contributed by atoms with Crippen LogP contribution in [0, 0.1) is 0 Å². The molecule has 0 aromatic heterocycles. The van der Waals surface area contributed by atoms with E-state index in [1.807, 2.05) is 13.8 Å². The molecule has 0 aromatic carbocycles. The van der Waals surface area contributed by atoms with Gasteiger partial charge in [-0.3, -0.25) is 0 Å². The highest BCUT2D eigenvalue weighted by Gasteiger charge is 2.57. The van der Waals surface area contributed by atoms with Crippen molar-refractivity contribution >= 4 is 18.0 Å². The van der Waals surface area contributed by atoms with Gasteiger partial charge in [0.25, 0.3) is 0 Å². The van der Waals surface area contributed by atoms with Crippen LogP contribution in [0.1, 0.15) is 33.6 Å². The van der Waals surface area contributed by atoms with Gasteiger partial charge in [0.2, 0.25) is 0 Å². The van der Waals surface area contributed by atoms with Crippen molar-refractivity contribution in [2.45, 2.75) is 63.3 Å². The lowest BCUT2D eigenvalue weighted by molar-refractivity contribution is -0.179. The first-order valence-corrected chi connectivity index (χ1v) is 7.91. The highest BCUT2D eigenvalue weighted by Crippen LogP contribution is 2.43. The first kappa shape index (κ1) is 16.0. The van der Waals surface area contributed by atoms with Gasteiger partial charge in [-0.1, -0.05) is 0 Å². The maximum atomic E-state index is 12.0. The molecule has 0 spiro atoms. The van der Waals surface area contributed by atoms with Gasteiger partial charge < -0.3 is 23.5 Å². The van der Waals surface area contributed by atoms with E-state index >= 15 is 0 Å². The van der Waals surface area contributed by atoms with Gasteiger partial charge in [0, 0.05) is 19.1 Å². The number of fused-ring (bicyclic) bond motifs is 1. The SMILES string of the molecule is CCOC(=O)[C@]1(O)C[C@@H]2OC(C)(C)O[C@@H]2[C@H](OSC)C1. The zero-order valence-electron chi connectivity index (χ0n) is 12.3. The van der Waals surface area contributed by atoms with Crippen LogP contribution in [0.5, 0.6) is 0 Å². The molecule has 6 nitrogen and oxygen atoms in total. The van der Waals surface area contributed by atoms with Crippen LogP contribution in [0.4, 0.5) is 0 Å². The summed E-state index contributed by atoms with van der Waals surface area (Å²) in [5.41, 5.74) is -1.58. The van der Waals surface area contributed by atoms with Crippen molar-refractivity contribution < 1.29 is 28.3 Å². The van der Waals surface area contributed by atoms with Crippen LogP contribution in [0.25, 0.3) is 0 Å². The Kier molecular flexibility index (Phi) is 4.66. The topological polar surface area (TPSA) is 74.2 Å². The molecular weight excluding hydrogens is 284 g/mol. The fourth-order valence-electron chi connectivity index (χ4n) is 2.85. The van der Waals surface area contributed by atoms with Crippen molar-refractivity contribution in [3.05, 3.63) is 0 Å². The van der Waals surface area contributed by atoms with Gasteiger partial charge in [0.15, 0.2) is 11.4 Å². The van der Waals surface area contributed by atoms with E-state index < -0.39 is 23.5 Å². The minimum absolute atomic E-state index is 0.146. The monoisotopic (exact) mass is 306 g/mol. The number of aliphatic hydroxyl groups is 1. The lowest BCUT2D eigenvalue weighted by atomic mass is 9.80. The average Bonchev–Trinajstić information content (AvgIpc) is 2.64. The van der Waals surface area contributed by atoms with Crippen LogP contribution in [-0.2, 0) is 23.2 Å². The molecule has 20 heavy (non-hydrogen) atoms. The van der Waals surface area contributed by atoms with E-state index in [2.05, 4.69) is 0 Å². The van der Waals surface area contributed by atoms with Crippen LogP contribution in [0.2, 0.25) is 0 Å². The molecule has 0 radical (unpaired) electrons. The van der Waals surface area contributed by atoms with Crippen molar-refractivity contribution in [2.24, 2.45) is 0 Å². The molecule has 2 fully saturated rings. The zero-order valence-corrected chi connectivity index (χ0v) is 13.1. The fourth-order valence-corrected chi connectivity index (χ4v) is 3.27. The second kappa shape index (κ2) is 5.81. The lowest BCUT2D eigenvalue weighted by Crippen LogP contribution is -2.55. The summed E-state index contributed by atoms with van der Waals surface area (Å²) in [7, 11) is 0. The van der Waals surface area contributed by atoms with E-state index in [-0.39, 0.29) is 31.7 Å². The molecule has 1 N–H and O–H groups in total. The van der Waals surface area contributed by atoms with Crippen LogP contribution in [-0.4, -0.2) is 53.6 Å². The van der Waals surface area contributed by atoms with Crippen molar-refractivity contribution in [3.8, 4) is 0 Å². The molecule has 116 valence electrons. The smallest absolute Gasteiger partial charge is 0.338 e. The number of hydrogen-bond acceptors (Lipinski definition) is 7. The molecule has 0 amide bonds. The molecule has 1 saturated heterocycles. The van der Waals surface area contributed by atoms with Gasteiger partial charge in [0.1, 0.15) is 12.2 Å². The van der Waals surface area contributed by atoms with Gasteiger partial charge in [-0.15, -0.1) is 0 Å². The summed E-state index contributed by atoms with van der Waals surface area (Å²) in [5, 5.41) is 10.6. The molecule has 2 aliphatic rings. The Labute approximate surface area is 123 Å². The maximum Gasteiger partial charge on any atom is 0.338 e. The Morgan fingerprint density at radius 3 is 2.70 bits per heavy atom. The number of ether oxygens (including phenoxy) is 3. The minimum atomic E-state index is -1.58. The summed E-state index contributed by atoms with van der Waals surface area (Å²) in [6.45, 7) is 5.56. The number of rotatable bonds is 4. The summed E-state index contributed by atoms with van der Waals surface area (Å²) in [6, 6.07) is 0. The number of hydrogen-bond donors (Lipinski definition) is 1. The summed E-state index contributed by atoms with van der Waals surface area (Å²) in [5.74, 6) is -1.36. The van der Waals surface area contributed by atoms with Gasteiger partial charge in [-0.25, -0.2) is 4.79 Å². The normalized spacial score (nSPS) is 39.4. The molecule has 0 unspecified atom stereocenters. The Balaban J connectivity index is 2.18. The Hall–Kier alpha value is -0.340. The van der Waals surface area contributed by atoms with Gasteiger partial charge >= 0.3 is 5.97 Å². The molecule has 1 aliphatic heterocycles. The predicted molar refractivity (Wildman–Crippen MR) is 73.0 cm³/mol. The van der Waals surface area contributed by atoms with Gasteiger partial charge in [0.05, 0.1) is 12.7 Å². The van der Waals surface area contributed by atoms with Crippen LogP contribution in [0.3, 0.4) is 0 Å². The van der Waals surface area contributed by atoms with Crippen molar-refractivity contribution in [3.63, 3.8) is 0 Å². The molecule has 1 saturated carbocycles. The van der Waals surface area contributed by atoms with Crippen LogP contribution in [0.15, 0.2) is 0 Å². The third-order valence-electron chi connectivity index (χ3n) is 3.54. The molecule has 4 atom stereocenters. The first-order valence-electron chi connectivity index (χ1n) is 6.76. The van der Waals surface area contributed by atoms with Gasteiger partial charge in [-0.2, -0.15) is 0 Å². The molecule has 1 heterocycles. The number of esters is 1. The van der Waals surface area contributed by atoms with E-state index in [1.54, 1.807) is 13.2 Å². The molecule has 2 rings (SSSR count). The standard InChI is InChI=1S/C13H22O6S/c1-5-16-11(14)13(15)6-8-10(9(7-13)19-20-4)18-12(2,3)17-8/h8-10,15H,5-7H2,1-4H3/t8-,9+,10-,13-/m0/s1. The fraction of sp³-hybridized carbons (Fsp3) is 0.923. The predicted octanol–water partition coefficient (Wildman–Crippen LogP) is 1.26. The average molecular weight is 306 g/mol. The van der Waals surface area contributed by atoms with Crippen molar-refractivity contribution in [1.82, 2.24) is 0 Å². The minimum Gasteiger partial charge on any atom is -0.464 e. The molecule has 0 aromatic rings. The van der Waals surface area contributed by atoms with Crippen molar-refractivity contribution in [2.75, 3.05) is 12.9 Å². The van der Waals surface area contributed by atoms with E-state index in [4.69, 9.17) is 18.4 Å². The van der Waals surface area contributed by atoms with Crippen LogP contribution < -0.4 is 0 Å². The quantitative estimate of drug-likeness (QED) is 0.619. The molecular formula is C13H22O6S. The third kappa shape index (κ3) is 3.12. The van der Waals surface area contributed by atoms with Crippen LogP contribution >= 0.6 is 12.0 Å². The van der Waals surface area contributed by atoms with Gasteiger partial charge in [-0.05, 0) is 32.8 Å². The maximum absolute atomic E-state index is 12.0. The van der Waals surface area contributed by atoms with E-state index in [1.165, 1.54) is 12.0 Å². The lowest BCUT2D eigenvalue weighted by Gasteiger charge is -2.39.